The number of aryl methyl sites for hydroxylation is 2. The molecular weight excluding hydrogens is 190 g/mol. The summed E-state index contributed by atoms with van der Waals surface area (Å²) in [5.74, 6) is -0.195. The van der Waals surface area contributed by atoms with Crippen molar-refractivity contribution in [2.45, 2.75) is 40.0 Å². The molecule has 0 unspecified atom stereocenters. The molecule has 3 nitrogen and oxygen atoms in total. The van der Waals surface area contributed by atoms with Crippen molar-refractivity contribution in [2.75, 3.05) is 6.61 Å². The van der Waals surface area contributed by atoms with Crippen LogP contribution in [0, 0.1) is 0 Å². The van der Waals surface area contributed by atoms with E-state index < -0.39 is 0 Å². The molecule has 0 amide bonds. The predicted molar refractivity (Wildman–Crippen MR) is 60.1 cm³/mol. The number of rotatable bonds is 5. The Morgan fingerprint density at radius 1 is 1.40 bits per heavy atom. The Bertz CT molecular complexity index is 328. The van der Waals surface area contributed by atoms with E-state index in [9.17, 15) is 4.79 Å². The van der Waals surface area contributed by atoms with E-state index in [1.165, 1.54) is 0 Å². The van der Waals surface area contributed by atoms with Crippen LogP contribution in [-0.2, 0) is 17.6 Å². The Hall–Kier alpha value is -1.25. The zero-order chi connectivity index (χ0) is 11.3. The van der Waals surface area contributed by atoms with Gasteiger partial charge in [-0.15, -0.1) is 0 Å². The Kier molecular flexibility index (Phi) is 4.40. The number of nitrogens with one attached hydrogen (secondary N) is 1. The van der Waals surface area contributed by atoms with Gasteiger partial charge in [-0.3, -0.25) is 0 Å². The molecule has 0 saturated heterocycles. The number of H-pyrrole nitrogens is 1. The number of carbonyl (C=O) groups excluding carboxylic acids is 1. The lowest BCUT2D eigenvalue weighted by atomic mass is 10.1. The molecule has 0 bridgehead atoms. The maximum absolute atomic E-state index is 11.7. The van der Waals surface area contributed by atoms with Gasteiger partial charge >= 0.3 is 5.97 Å². The molecule has 0 fully saturated rings. The number of ether oxygens (including phenoxy) is 1. The van der Waals surface area contributed by atoms with E-state index in [0.717, 1.165) is 36.1 Å². The molecule has 0 saturated carbocycles. The van der Waals surface area contributed by atoms with Gasteiger partial charge in [-0.2, -0.15) is 0 Å². The maximum atomic E-state index is 11.7. The van der Waals surface area contributed by atoms with Gasteiger partial charge in [0.25, 0.3) is 0 Å². The number of hydrogen-bond acceptors (Lipinski definition) is 2. The van der Waals surface area contributed by atoms with Gasteiger partial charge in [-0.05, 0) is 25.3 Å². The summed E-state index contributed by atoms with van der Waals surface area (Å²) in [5.41, 5.74) is 2.81. The van der Waals surface area contributed by atoms with Crippen LogP contribution in [0.4, 0.5) is 0 Å². The minimum Gasteiger partial charge on any atom is -0.462 e. The smallest absolute Gasteiger partial charge is 0.340 e. The zero-order valence-electron chi connectivity index (χ0n) is 9.72. The summed E-state index contributed by atoms with van der Waals surface area (Å²) in [6.07, 6.45) is 4.69. The largest absolute Gasteiger partial charge is 0.462 e. The van der Waals surface area contributed by atoms with Crippen molar-refractivity contribution in [1.82, 2.24) is 4.98 Å². The number of aromatic nitrogens is 1. The highest BCUT2D eigenvalue weighted by molar-refractivity contribution is 5.92. The molecule has 1 aromatic heterocycles. The third-order valence-corrected chi connectivity index (χ3v) is 2.40. The van der Waals surface area contributed by atoms with Gasteiger partial charge in [0, 0.05) is 11.9 Å². The first-order valence-corrected chi connectivity index (χ1v) is 5.60. The summed E-state index contributed by atoms with van der Waals surface area (Å²) in [6, 6.07) is 0. The first-order chi connectivity index (χ1) is 7.24. The molecule has 1 rings (SSSR count). The highest BCUT2D eigenvalue weighted by Crippen LogP contribution is 2.17. The summed E-state index contributed by atoms with van der Waals surface area (Å²) in [5, 5.41) is 0. The Labute approximate surface area is 90.8 Å². The molecule has 0 aliphatic carbocycles. The van der Waals surface area contributed by atoms with E-state index >= 15 is 0 Å². The summed E-state index contributed by atoms with van der Waals surface area (Å²) in [6.45, 7) is 6.40. The van der Waals surface area contributed by atoms with Crippen LogP contribution < -0.4 is 0 Å². The average molecular weight is 209 g/mol. The standard InChI is InChI=1S/C12H19NO2/c1-4-7-10-11(12(14)15-6-3)9(5-2)8-13-10/h8,13H,4-7H2,1-3H3. The van der Waals surface area contributed by atoms with E-state index in [-0.39, 0.29) is 5.97 Å². The molecule has 1 aromatic rings. The van der Waals surface area contributed by atoms with Gasteiger partial charge in [0.1, 0.15) is 0 Å². The molecule has 0 aromatic carbocycles. The zero-order valence-corrected chi connectivity index (χ0v) is 9.72. The van der Waals surface area contributed by atoms with Crippen LogP contribution in [0.5, 0.6) is 0 Å². The fraction of sp³-hybridized carbons (Fsp3) is 0.583. The molecule has 1 heterocycles. The van der Waals surface area contributed by atoms with Crippen LogP contribution in [0.3, 0.4) is 0 Å². The first kappa shape index (κ1) is 11.8. The molecule has 1 N–H and O–H groups in total. The molecular formula is C12H19NO2. The Morgan fingerprint density at radius 3 is 2.67 bits per heavy atom. The minimum atomic E-state index is -0.195. The third-order valence-electron chi connectivity index (χ3n) is 2.40. The van der Waals surface area contributed by atoms with Crippen molar-refractivity contribution in [3.63, 3.8) is 0 Å². The van der Waals surface area contributed by atoms with Crippen LogP contribution in [0.1, 0.15) is 48.8 Å². The normalized spacial score (nSPS) is 10.3. The number of carbonyl (C=O) groups is 1. The lowest BCUT2D eigenvalue weighted by Gasteiger charge is -2.05. The molecule has 15 heavy (non-hydrogen) atoms. The van der Waals surface area contributed by atoms with Gasteiger partial charge in [0.15, 0.2) is 0 Å². The fourth-order valence-corrected chi connectivity index (χ4v) is 1.70. The molecule has 0 radical (unpaired) electrons. The van der Waals surface area contributed by atoms with Crippen LogP contribution >= 0.6 is 0 Å². The quantitative estimate of drug-likeness (QED) is 0.757. The van der Waals surface area contributed by atoms with E-state index in [2.05, 4.69) is 11.9 Å². The molecule has 0 spiro atoms. The summed E-state index contributed by atoms with van der Waals surface area (Å²) in [4.78, 5) is 14.9. The van der Waals surface area contributed by atoms with E-state index in [1.54, 1.807) is 0 Å². The van der Waals surface area contributed by atoms with Crippen molar-refractivity contribution in [3.05, 3.63) is 23.0 Å². The van der Waals surface area contributed by atoms with E-state index in [4.69, 9.17) is 4.74 Å². The number of hydrogen-bond donors (Lipinski definition) is 1. The lowest BCUT2D eigenvalue weighted by molar-refractivity contribution is 0.0524. The average Bonchev–Trinajstić information content (AvgIpc) is 2.62. The maximum Gasteiger partial charge on any atom is 0.340 e. The molecule has 0 atom stereocenters. The summed E-state index contributed by atoms with van der Waals surface area (Å²) in [7, 11) is 0. The van der Waals surface area contributed by atoms with Gasteiger partial charge in [-0.1, -0.05) is 20.3 Å². The van der Waals surface area contributed by atoms with E-state index in [0.29, 0.717) is 6.61 Å². The topological polar surface area (TPSA) is 42.1 Å². The van der Waals surface area contributed by atoms with Gasteiger partial charge in [-0.25, -0.2) is 4.79 Å². The second-order valence-corrected chi connectivity index (χ2v) is 3.49. The molecule has 0 aliphatic heterocycles. The monoisotopic (exact) mass is 209 g/mol. The number of esters is 1. The van der Waals surface area contributed by atoms with Crippen molar-refractivity contribution in [3.8, 4) is 0 Å². The third kappa shape index (κ3) is 2.61. The Balaban J connectivity index is 2.98. The SMILES string of the molecule is CCCc1[nH]cc(CC)c1C(=O)OCC. The predicted octanol–water partition coefficient (Wildman–Crippen LogP) is 2.71. The van der Waals surface area contributed by atoms with Crippen LogP contribution in [0.2, 0.25) is 0 Å². The summed E-state index contributed by atoms with van der Waals surface area (Å²) >= 11 is 0. The lowest BCUT2D eigenvalue weighted by Crippen LogP contribution is -2.09. The molecule has 0 aliphatic rings. The van der Waals surface area contributed by atoms with Crippen molar-refractivity contribution in [1.29, 1.82) is 0 Å². The Morgan fingerprint density at radius 2 is 2.13 bits per heavy atom. The van der Waals surface area contributed by atoms with Gasteiger partial charge < -0.3 is 9.72 Å². The van der Waals surface area contributed by atoms with Crippen molar-refractivity contribution in [2.24, 2.45) is 0 Å². The highest BCUT2D eigenvalue weighted by Gasteiger charge is 2.17. The number of aromatic amines is 1. The van der Waals surface area contributed by atoms with Crippen LogP contribution in [0.15, 0.2) is 6.20 Å². The fourth-order valence-electron chi connectivity index (χ4n) is 1.70. The summed E-state index contributed by atoms with van der Waals surface area (Å²) < 4.78 is 5.06. The van der Waals surface area contributed by atoms with Crippen molar-refractivity contribution < 1.29 is 9.53 Å². The minimum absolute atomic E-state index is 0.195. The second-order valence-electron chi connectivity index (χ2n) is 3.49. The highest BCUT2D eigenvalue weighted by atomic mass is 16.5. The second kappa shape index (κ2) is 5.59. The first-order valence-electron chi connectivity index (χ1n) is 5.60. The van der Waals surface area contributed by atoms with Gasteiger partial charge in [0.05, 0.1) is 12.2 Å². The van der Waals surface area contributed by atoms with Crippen LogP contribution in [-0.4, -0.2) is 17.6 Å². The van der Waals surface area contributed by atoms with Crippen LogP contribution in [0.25, 0.3) is 0 Å². The van der Waals surface area contributed by atoms with Crippen molar-refractivity contribution >= 4 is 5.97 Å². The van der Waals surface area contributed by atoms with E-state index in [1.807, 2.05) is 20.0 Å². The molecule has 3 heteroatoms. The van der Waals surface area contributed by atoms with Gasteiger partial charge in [0.2, 0.25) is 0 Å². The molecule has 84 valence electrons.